The van der Waals surface area contributed by atoms with Gasteiger partial charge < -0.3 is 0 Å². The average molecular weight is 242 g/mol. The van der Waals surface area contributed by atoms with Gasteiger partial charge in [0.1, 0.15) is 0 Å². The van der Waals surface area contributed by atoms with E-state index in [0.29, 0.717) is 5.92 Å². The Kier molecular flexibility index (Phi) is 3.14. The second-order valence-electron chi connectivity index (χ2n) is 6.36. The molecule has 1 aromatic carbocycles. The summed E-state index contributed by atoms with van der Waals surface area (Å²) in [5.41, 5.74) is 5.76. The van der Waals surface area contributed by atoms with Crippen LogP contribution >= 0.6 is 0 Å². The molecule has 18 heavy (non-hydrogen) atoms. The maximum absolute atomic E-state index is 4.75. The van der Waals surface area contributed by atoms with E-state index < -0.39 is 0 Å². The van der Waals surface area contributed by atoms with Crippen molar-refractivity contribution in [3.8, 4) is 0 Å². The molecule has 0 radical (unpaired) electrons. The number of nitrogens with zero attached hydrogens (tertiary/aromatic N) is 2. The van der Waals surface area contributed by atoms with Crippen LogP contribution in [-0.4, -0.2) is 9.97 Å². The number of fused-ring (bicyclic) bond motifs is 1. The predicted molar refractivity (Wildman–Crippen MR) is 77.1 cm³/mol. The van der Waals surface area contributed by atoms with Crippen molar-refractivity contribution in [2.24, 2.45) is 0 Å². The van der Waals surface area contributed by atoms with E-state index in [4.69, 9.17) is 4.98 Å². The monoisotopic (exact) mass is 242 g/mol. The molecule has 2 aromatic rings. The predicted octanol–water partition coefficient (Wildman–Crippen LogP) is 4.36. The Morgan fingerprint density at radius 3 is 2.28 bits per heavy atom. The van der Waals surface area contributed by atoms with Gasteiger partial charge >= 0.3 is 0 Å². The van der Waals surface area contributed by atoms with Crippen LogP contribution in [0.25, 0.3) is 11.0 Å². The molecular formula is C16H22N2. The maximum atomic E-state index is 4.75. The molecule has 0 fully saturated rings. The summed E-state index contributed by atoms with van der Waals surface area (Å²) in [5.74, 6) is 0.526. The van der Waals surface area contributed by atoms with Gasteiger partial charge in [0.15, 0.2) is 0 Å². The van der Waals surface area contributed by atoms with E-state index in [9.17, 15) is 0 Å². The molecule has 2 nitrogen and oxygen atoms in total. The van der Waals surface area contributed by atoms with Gasteiger partial charge in [0.05, 0.1) is 16.7 Å². The first-order chi connectivity index (χ1) is 8.29. The Morgan fingerprint density at radius 1 is 1.06 bits per heavy atom. The summed E-state index contributed by atoms with van der Waals surface area (Å²) in [6, 6.07) is 4.34. The SMILES string of the molecule is Cc1cc2nc(C(C)(C)C)cnc2cc1C(C)C. The molecule has 0 bridgehead atoms. The second-order valence-corrected chi connectivity index (χ2v) is 6.36. The topological polar surface area (TPSA) is 25.8 Å². The molecule has 2 heteroatoms. The van der Waals surface area contributed by atoms with Crippen molar-refractivity contribution >= 4 is 11.0 Å². The summed E-state index contributed by atoms with van der Waals surface area (Å²) in [7, 11) is 0. The molecule has 0 unspecified atom stereocenters. The van der Waals surface area contributed by atoms with Gasteiger partial charge in [-0.05, 0) is 36.1 Å². The quantitative estimate of drug-likeness (QED) is 0.742. The largest absolute Gasteiger partial charge is 0.253 e. The van der Waals surface area contributed by atoms with E-state index >= 15 is 0 Å². The summed E-state index contributed by atoms with van der Waals surface area (Å²) in [6.45, 7) is 13.1. The lowest BCUT2D eigenvalue weighted by molar-refractivity contribution is 0.568. The van der Waals surface area contributed by atoms with E-state index in [1.807, 2.05) is 6.20 Å². The zero-order valence-electron chi connectivity index (χ0n) is 12.2. The minimum Gasteiger partial charge on any atom is -0.253 e. The Hall–Kier alpha value is -1.44. The molecule has 0 saturated heterocycles. The summed E-state index contributed by atoms with van der Waals surface area (Å²) >= 11 is 0. The molecule has 0 amide bonds. The van der Waals surface area contributed by atoms with Gasteiger partial charge in [0.2, 0.25) is 0 Å². The molecule has 2 rings (SSSR count). The Labute approximate surface area is 109 Å². The van der Waals surface area contributed by atoms with Gasteiger partial charge in [-0.2, -0.15) is 0 Å². The molecule has 1 aromatic heterocycles. The molecule has 0 spiro atoms. The molecule has 0 aliphatic carbocycles. The van der Waals surface area contributed by atoms with Crippen LogP contribution in [0.2, 0.25) is 0 Å². The first-order valence-corrected chi connectivity index (χ1v) is 6.57. The average Bonchev–Trinajstić information content (AvgIpc) is 2.25. The standard InChI is InChI=1S/C16H22N2/c1-10(2)12-8-13-14(7-11(12)3)18-15(9-17-13)16(4,5)6/h7-10H,1-6H3. The lowest BCUT2D eigenvalue weighted by atomic mass is 9.92. The van der Waals surface area contributed by atoms with Crippen molar-refractivity contribution in [3.63, 3.8) is 0 Å². The lowest BCUT2D eigenvalue weighted by Gasteiger charge is -2.18. The number of hydrogen-bond acceptors (Lipinski definition) is 2. The van der Waals surface area contributed by atoms with Crippen LogP contribution in [0.4, 0.5) is 0 Å². The van der Waals surface area contributed by atoms with Gasteiger partial charge in [-0.1, -0.05) is 34.6 Å². The van der Waals surface area contributed by atoms with Crippen LogP contribution in [-0.2, 0) is 5.41 Å². The molecule has 0 aliphatic heterocycles. The fourth-order valence-electron chi connectivity index (χ4n) is 2.16. The van der Waals surface area contributed by atoms with Crippen molar-refractivity contribution in [2.75, 3.05) is 0 Å². The van der Waals surface area contributed by atoms with Crippen LogP contribution in [0.15, 0.2) is 18.3 Å². The zero-order valence-corrected chi connectivity index (χ0v) is 12.2. The Balaban J connectivity index is 2.63. The number of hydrogen-bond donors (Lipinski definition) is 0. The summed E-state index contributed by atoms with van der Waals surface area (Å²) in [5, 5.41) is 0. The Morgan fingerprint density at radius 2 is 1.72 bits per heavy atom. The van der Waals surface area contributed by atoms with Crippen LogP contribution in [0.1, 0.15) is 57.4 Å². The maximum Gasteiger partial charge on any atom is 0.0893 e. The second kappa shape index (κ2) is 4.34. The molecule has 0 aliphatic rings. The van der Waals surface area contributed by atoms with E-state index in [0.717, 1.165) is 16.7 Å². The first-order valence-electron chi connectivity index (χ1n) is 6.57. The summed E-state index contributed by atoms with van der Waals surface area (Å²) in [4.78, 5) is 9.31. The van der Waals surface area contributed by atoms with Crippen molar-refractivity contribution in [3.05, 3.63) is 35.2 Å². The zero-order chi connectivity index (χ0) is 13.5. The van der Waals surface area contributed by atoms with Gasteiger partial charge in [0, 0.05) is 11.6 Å². The third-order valence-corrected chi connectivity index (χ3v) is 3.32. The highest BCUT2D eigenvalue weighted by atomic mass is 14.8. The molecule has 1 heterocycles. The van der Waals surface area contributed by atoms with Crippen molar-refractivity contribution in [1.29, 1.82) is 0 Å². The lowest BCUT2D eigenvalue weighted by Crippen LogP contribution is -2.14. The van der Waals surface area contributed by atoms with Crippen molar-refractivity contribution in [1.82, 2.24) is 9.97 Å². The van der Waals surface area contributed by atoms with Crippen LogP contribution < -0.4 is 0 Å². The van der Waals surface area contributed by atoms with Crippen molar-refractivity contribution in [2.45, 2.75) is 52.9 Å². The molecule has 96 valence electrons. The molecule has 0 saturated carbocycles. The third-order valence-electron chi connectivity index (χ3n) is 3.32. The van der Waals surface area contributed by atoms with Crippen molar-refractivity contribution < 1.29 is 0 Å². The third kappa shape index (κ3) is 2.38. The van der Waals surface area contributed by atoms with Gasteiger partial charge in [-0.15, -0.1) is 0 Å². The van der Waals surface area contributed by atoms with Gasteiger partial charge in [-0.3, -0.25) is 4.98 Å². The van der Waals surface area contributed by atoms with Gasteiger partial charge in [0.25, 0.3) is 0 Å². The number of benzene rings is 1. The van der Waals surface area contributed by atoms with E-state index in [-0.39, 0.29) is 5.41 Å². The number of rotatable bonds is 1. The van der Waals surface area contributed by atoms with Crippen LogP contribution in [0, 0.1) is 6.92 Å². The fraction of sp³-hybridized carbons (Fsp3) is 0.500. The van der Waals surface area contributed by atoms with Crippen LogP contribution in [0.3, 0.4) is 0 Å². The van der Waals surface area contributed by atoms with Gasteiger partial charge in [-0.25, -0.2) is 4.98 Å². The fourth-order valence-corrected chi connectivity index (χ4v) is 2.16. The number of aryl methyl sites for hydroxylation is 1. The normalized spacial score (nSPS) is 12.4. The number of aromatic nitrogens is 2. The smallest absolute Gasteiger partial charge is 0.0893 e. The van der Waals surface area contributed by atoms with E-state index in [2.05, 4.69) is 58.7 Å². The molecular weight excluding hydrogens is 220 g/mol. The highest BCUT2D eigenvalue weighted by molar-refractivity contribution is 5.76. The Bertz CT molecular complexity index is 577. The first kappa shape index (κ1) is 13.0. The minimum atomic E-state index is 0.0474. The molecule has 0 N–H and O–H groups in total. The highest BCUT2D eigenvalue weighted by Gasteiger charge is 2.17. The van der Waals surface area contributed by atoms with E-state index in [1.165, 1.54) is 11.1 Å². The summed E-state index contributed by atoms with van der Waals surface area (Å²) < 4.78 is 0. The van der Waals surface area contributed by atoms with Crippen LogP contribution in [0.5, 0.6) is 0 Å². The minimum absolute atomic E-state index is 0.0474. The molecule has 0 atom stereocenters. The van der Waals surface area contributed by atoms with E-state index in [1.54, 1.807) is 0 Å². The summed E-state index contributed by atoms with van der Waals surface area (Å²) in [6.07, 6.45) is 1.90. The highest BCUT2D eigenvalue weighted by Crippen LogP contribution is 2.26.